The van der Waals surface area contributed by atoms with Crippen molar-refractivity contribution in [1.82, 2.24) is 5.32 Å². The molecule has 0 radical (unpaired) electrons. The fourth-order valence-electron chi connectivity index (χ4n) is 1.93. The Labute approximate surface area is 99.2 Å². The fraction of sp³-hybridized carbons (Fsp3) is 0.923. The quantitative estimate of drug-likeness (QED) is 0.675. The number of ether oxygens (including phenoxy) is 1. The van der Waals surface area contributed by atoms with Gasteiger partial charge in [-0.3, -0.25) is 0 Å². The summed E-state index contributed by atoms with van der Waals surface area (Å²) in [7, 11) is 0. The Kier molecular flexibility index (Phi) is 5.79. The van der Waals surface area contributed by atoms with Gasteiger partial charge in [0, 0.05) is 13.2 Å². The molecule has 1 unspecified atom stereocenters. The molecule has 1 atom stereocenters. The molecule has 0 aliphatic carbocycles. The van der Waals surface area contributed by atoms with Crippen LogP contribution >= 0.6 is 0 Å². The van der Waals surface area contributed by atoms with Crippen LogP contribution in [0.2, 0.25) is 0 Å². The van der Waals surface area contributed by atoms with E-state index in [-0.39, 0.29) is 5.41 Å². The van der Waals surface area contributed by atoms with Gasteiger partial charge in [0.05, 0.1) is 18.1 Å². The van der Waals surface area contributed by atoms with Crippen molar-refractivity contribution in [2.45, 2.75) is 39.5 Å². The molecule has 92 valence electrons. The molecule has 0 spiro atoms. The maximum Gasteiger partial charge on any atom is 0.0683 e. The minimum Gasteiger partial charge on any atom is -0.381 e. The summed E-state index contributed by atoms with van der Waals surface area (Å²) >= 11 is 0. The molecule has 0 amide bonds. The molecule has 0 saturated carbocycles. The van der Waals surface area contributed by atoms with E-state index >= 15 is 0 Å². The van der Waals surface area contributed by atoms with Crippen LogP contribution in [0.25, 0.3) is 0 Å². The van der Waals surface area contributed by atoms with Crippen LogP contribution in [0.1, 0.15) is 39.5 Å². The highest BCUT2D eigenvalue weighted by molar-refractivity contribution is 4.91. The van der Waals surface area contributed by atoms with Crippen LogP contribution in [0, 0.1) is 22.7 Å². The predicted molar refractivity (Wildman–Crippen MR) is 65.0 cm³/mol. The molecule has 1 aliphatic rings. The molecule has 1 saturated heterocycles. The molecule has 1 heterocycles. The van der Waals surface area contributed by atoms with Gasteiger partial charge in [-0.1, -0.05) is 0 Å². The van der Waals surface area contributed by atoms with Crippen LogP contribution in [0.4, 0.5) is 0 Å². The maximum atomic E-state index is 8.85. The van der Waals surface area contributed by atoms with Gasteiger partial charge in [-0.25, -0.2) is 0 Å². The Bertz CT molecular complexity index is 227. The molecular formula is C13H24N2O. The van der Waals surface area contributed by atoms with E-state index < -0.39 is 0 Å². The third-order valence-electron chi connectivity index (χ3n) is 3.16. The number of rotatable bonds is 7. The van der Waals surface area contributed by atoms with Crippen LogP contribution < -0.4 is 5.32 Å². The topological polar surface area (TPSA) is 45.0 Å². The van der Waals surface area contributed by atoms with Crippen LogP contribution in [-0.4, -0.2) is 26.3 Å². The second kappa shape index (κ2) is 6.88. The Morgan fingerprint density at radius 3 is 2.88 bits per heavy atom. The summed E-state index contributed by atoms with van der Waals surface area (Å²) in [4.78, 5) is 0. The predicted octanol–water partition coefficient (Wildman–Crippen LogP) is 2.33. The van der Waals surface area contributed by atoms with Gasteiger partial charge in [-0.05, 0) is 52.0 Å². The first kappa shape index (κ1) is 13.5. The van der Waals surface area contributed by atoms with E-state index in [0.717, 1.165) is 51.5 Å². The van der Waals surface area contributed by atoms with Gasteiger partial charge < -0.3 is 10.1 Å². The van der Waals surface area contributed by atoms with E-state index in [9.17, 15) is 0 Å². The maximum absolute atomic E-state index is 8.85. The molecule has 3 heteroatoms. The standard InChI is InChI=1S/C13H24N2O/c1-13(2,11-14)6-3-4-8-16-10-12-5-7-15-9-12/h12,15H,3-10H2,1-2H3. The zero-order valence-corrected chi connectivity index (χ0v) is 10.6. The smallest absolute Gasteiger partial charge is 0.0683 e. The van der Waals surface area contributed by atoms with Gasteiger partial charge in [-0.15, -0.1) is 0 Å². The number of hydrogen-bond acceptors (Lipinski definition) is 3. The summed E-state index contributed by atoms with van der Waals surface area (Å²) in [5.74, 6) is 0.718. The summed E-state index contributed by atoms with van der Waals surface area (Å²) < 4.78 is 5.64. The third-order valence-corrected chi connectivity index (χ3v) is 3.16. The zero-order chi connectivity index (χ0) is 11.9. The first-order chi connectivity index (χ1) is 7.64. The zero-order valence-electron chi connectivity index (χ0n) is 10.6. The fourth-order valence-corrected chi connectivity index (χ4v) is 1.93. The van der Waals surface area contributed by atoms with Gasteiger partial charge >= 0.3 is 0 Å². The largest absolute Gasteiger partial charge is 0.381 e. The van der Waals surface area contributed by atoms with E-state index in [4.69, 9.17) is 10.00 Å². The molecule has 16 heavy (non-hydrogen) atoms. The highest BCUT2D eigenvalue weighted by Crippen LogP contribution is 2.21. The molecule has 0 bridgehead atoms. The molecular weight excluding hydrogens is 200 g/mol. The van der Waals surface area contributed by atoms with E-state index in [0.29, 0.717) is 0 Å². The van der Waals surface area contributed by atoms with Crippen LogP contribution in [-0.2, 0) is 4.74 Å². The first-order valence-corrected chi connectivity index (χ1v) is 6.34. The Morgan fingerprint density at radius 1 is 1.44 bits per heavy atom. The second-order valence-corrected chi connectivity index (χ2v) is 5.39. The van der Waals surface area contributed by atoms with Crippen molar-refractivity contribution in [1.29, 1.82) is 5.26 Å². The molecule has 0 aromatic carbocycles. The van der Waals surface area contributed by atoms with Gasteiger partial charge in [0.2, 0.25) is 0 Å². The number of nitrogens with one attached hydrogen (secondary N) is 1. The van der Waals surface area contributed by atoms with Gasteiger partial charge in [0.25, 0.3) is 0 Å². The van der Waals surface area contributed by atoms with E-state index in [2.05, 4.69) is 11.4 Å². The van der Waals surface area contributed by atoms with Crippen molar-refractivity contribution in [2.75, 3.05) is 26.3 Å². The second-order valence-electron chi connectivity index (χ2n) is 5.39. The van der Waals surface area contributed by atoms with Crippen molar-refractivity contribution in [3.05, 3.63) is 0 Å². The molecule has 3 nitrogen and oxygen atoms in total. The average molecular weight is 224 g/mol. The van der Waals surface area contributed by atoms with Crippen molar-refractivity contribution in [2.24, 2.45) is 11.3 Å². The number of nitrogens with zero attached hydrogens (tertiary/aromatic N) is 1. The lowest BCUT2D eigenvalue weighted by Crippen LogP contribution is -2.14. The molecule has 1 fully saturated rings. The van der Waals surface area contributed by atoms with Crippen LogP contribution in [0.5, 0.6) is 0 Å². The summed E-state index contributed by atoms with van der Waals surface area (Å²) in [6.07, 6.45) is 4.38. The average Bonchev–Trinajstić information content (AvgIpc) is 2.76. The van der Waals surface area contributed by atoms with Gasteiger partial charge in [0.1, 0.15) is 0 Å². The normalized spacial score (nSPS) is 20.9. The highest BCUT2D eigenvalue weighted by atomic mass is 16.5. The lowest BCUT2D eigenvalue weighted by atomic mass is 9.89. The van der Waals surface area contributed by atoms with Crippen molar-refractivity contribution in [3.63, 3.8) is 0 Å². The molecule has 0 aromatic heterocycles. The Morgan fingerprint density at radius 2 is 2.25 bits per heavy atom. The minimum atomic E-state index is -0.171. The van der Waals surface area contributed by atoms with E-state index in [1.54, 1.807) is 0 Å². The Balaban J connectivity index is 1.90. The molecule has 1 aliphatic heterocycles. The minimum absolute atomic E-state index is 0.171. The van der Waals surface area contributed by atoms with Gasteiger partial charge in [-0.2, -0.15) is 5.26 Å². The van der Waals surface area contributed by atoms with Crippen molar-refractivity contribution in [3.8, 4) is 6.07 Å². The SMILES string of the molecule is CC(C)(C#N)CCCCOCC1CCNC1. The summed E-state index contributed by atoms with van der Waals surface area (Å²) in [5.41, 5.74) is -0.171. The number of nitriles is 1. The lowest BCUT2D eigenvalue weighted by molar-refractivity contribution is 0.100. The van der Waals surface area contributed by atoms with Crippen LogP contribution in [0.3, 0.4) is 0 Å². The van der Waals surface area contributed by atoms with E-state index in [1.807, 2.05) is 13.8 Å². The Hall–Kier alpha value is -0.590. The van der Waals surface area contributed by atoms with Crippen molar-refractivity contribution >= 4 is 0 Å². The lowest BCUT2D eigenvalue weighted by Gasteiger charge is -2.14. The summed E-state index contributed by atoms with van der Waals surface area (Å²) in [6, 6.07) is 2.33. The van der Waals surface area contributed by atoms with E-state index in [1.165, 1.54) is 6.42 Å². The van der Waals surface area contributed by atoms with Gasteiger partial charge in [0.15, 0.2) is 0 Å². The summed E-state index contributed by atoms with van der Waals surface area (Å²) in [6.45, 7) is 7.99. The van der Waals surface area contributed by atoms with Crippen molar-refractivity contribution < 1.29 is 4.74 Å². The third kappa shape index (κ3) is 5.48. The summed E-state index contributed by atoms with van der Waals surface area (Å²) in [5, 5.41) is 12.2. The molecule has 0 aromatic rings. The number of hydrogen-bond donors (Lipinski definition) is 1. The number of unbranched alkanes of at least 4 members (excludes halogenated alkanes) is 1. The molecule has 1 rings (SSSR count). The first-order valence-electron chi connectivity index (χ1n) is 6.34. The highest BCUT2D eigenvalue weighted by Gasteiger charge is 2.16. The monoisotopic (exact) mass is 224 g/mol. The molecule has 1 N–H and O–H groups in total. The van der Waals surface area contributed by atoms with Crippen LogP contribution in [0.15, 0.2) is 0 Å².